The summed E-state index contributed by atoms with van der Waals surface area (Å²) in [5.41, 5.74) is 1.95. The van der Waals surface area contributed by atoms with Gasteiger partial charge in [-0.05, 0) is 36.1 Å². The number of nitrogens with zero attached hydrogens (tertiary/aromatic N) is 1. The number of carbonyl (C=O) groups is 2. The Kier molecular flexibility index (Phi) is 5.38. The van der Waals surface area contributed by atoms with Crippen LogP contribution >= 0.6 is 0 Å². The van der Waals surface area contributed by atoms with Gasteiger partial charge in [-0.3, -0.25) is 9.59 Å². The molecule has 8 heteroatoms. The second-order valence-electron chi connectivity index (χ2n) is 5.48. The lowest BCUT2D eigenvalue weighted by Crippen LogP contribution is -2.30. The van der Waals surface area contributed by atoms with Gasteiger partial charge in [-0.1, -0.05) is 6.07 Å². The zero-order valence-electron chi connectivity index (χ0n) is 12.9. The lowest BCUT2D eigenvalue weighted by Gasteiger charge is -2.17. The van der Waals surface area contributed by atoms with Gasteiger partial charge < -0.3 is 10.0 Å². The number of hydrogen-bond donors (Lipinski definition) is 2. The van der Waals surface area contributed by atoms with Crippen LogP contribution in [-0.4, -0.2) is 49.9 Å². The molecule has 7 nitrogen and oxygen atoms in total. The summed E-state index contributed by atoms with van der Waals surface area (Å²) in [4.78, 5) is 23.8. The molecule has 0 spiro atoms. The van der Waals surface area contributed by atoms with Gasteiger partial charge >= 0.3 is 5.97 Å². The average molecular weight is 340 g/mol. The number of fused-ring (bicyclic) bond motifs is 1. The van der Waals surface area contributed by atoms with Crippen LogP contribution < -0.4 is 4.72 Å². The van der Waals surface area contributed by atoms with Crippen LogP contribution in [0.5, 0.6) is 0 Å². The third-order valence-electron chi connectivity index (χ3n) is 3.87. The first-order valence-corrected chi connectivity index (χ1v) is 8.86. The van der Waals surface area contributed by atoms with Gasteiger partial charge in [0.25, 0.3) is 0 Å². The number of sulfonamides is 1. The molecular weight excluding hydrogens is 320 g/mol. The maximum Gasteiger partial charge on any atom is 0.304 e. The molecule has 1 aliphatic heterocycles. The average Bonchev–Trinajstić information content (AvgIpc) is 2.68. The SMILES string of the molecule is CC(=O)N1CCc2ccc(S(=O)(=O)NCCC(=O)O)cc2CC1. The van der Waals surface area contributed by atoms with Gasteiger partial charge in [0.15, 0.2) is 0 Å². The van der Waals surface area contributed by atoms with Gasteiger partial charge in [0.05, 0.1) is 11.3 Å². The van der Waals surface area contributed by atoms with E-state index in [0.717, 1.165) is 11.1 Å². The van der Waals surface area contributed by atoms with Crippen molar-refractivity contribution < 1.29 is 23.1 Å². The minimum Gasteiger partial charge on any atom is -0.481 e. The highest BCUT2D eigenvalue weighted by Crippen LogP contribution is 2.20. The Balaban J connectivity index is 2.15. The van der Waals surface area contributed by atoms with Gasteiger partial charge in [0, 0.05) is 26.6 Å². The molecule has 1 aromatic carbocycles. The first kappa shape index (κ1) is 17.4. The number of carboxylic acids is 1. The van der Waals surface area contributed by atoms with Crippen molar-refractivity contribution in [2.45, 2.75) is 31.1 Å². The lowest BCUT2D eigenvalue weighted by molar-refractivity contribution is -0.136. The van der Waals surface area contributed by atoms with Crippen molar-refractivity contribution in [3.8, 4) is 0 Å². The monoisotopic (exact) mass is 340 g/mol. The fourth-order valence-corrected chi connectivity index (χ4v) is 3.64. The van der Waals surface area contributed by atoms with Crippen molar-refractivity contribution in [2.24, 2.45) is 0 Å². The van der Waals surface area contributed by atoms with Crippen molar-refractivity contribution >= 4 is 21.9 Å². The van der Waals surface area contributed by atoms with E-state index in [2.05, 4.69) is 4.72 Å². The van der Waals surface area contributed by atoms with Crippen LogP contribution in [0.2, 0.25) is 0 Å². The summed E-state index contributed by atoms with van der Waals surface area (Å²) in [6.07, 6.45) is 1.03. The van der Waals surface area contributed by atoms with Crippen LogP contribution in [0.4, 0.5) is 0 Å². The van der Waals surface area contributed by atoms with E-state index in [4.69, 9.17) is 5.11 Å². The zero-order chi connectivity index (χ0) is 17.0. The predicted molar refractivity (Wildman–Crippen MR) is 83.5 cm³/mol. The molecule has 0 aromatic heterocycles. The van der Waals surface area contributed by atoms with E-state index in [-0.39, 0.29) is 23.8 Å². The second kappa shape index (κ2) is 7.10. The Labute approximate surface area is 135 Å². The molecule has 0 radical (unpaired) electrons. The molecule has 2 rings (SSSR count). The number of carbonyl (C=O) groups excluding carboxylic acids is 1. The Bertz CT molecular complexity index is 715. The molecule has 0 atom stereocenters. The number of aliphatic carboxylic acids is 1. The molecule has 0 unspecified atom stereocenters. The molecule has 0 saturated heterocycles. The maximum absolute atomic E-state index is 12.2. The Morgan fingerprint density at radius 1 is 1.22 bits per heavy atom. The van der Waals surface area contributed by atoms with E-state index >= 15 is 0 Å². The number of carboxylic acid groups (broad SMARTS) is 1. The highest BCUT2D eigenvalue weighted by molar-refractivity contribution is 7.89. The number of rotatable bonds is 5. The van der Waals surface area contributed by atoms with Gasteiger partial charge in [0.2, 0.25) is 15.9 Å². The standard InChI is InChI=1S/C15H20N2O5S/c1-11(18)17-8-5-12-2-3-14(10-13(12)6-9-17)23(21,22)16-7-4-15(19)20/h2-3,10,16H,4-9H2,1H3,(H,19,20). The van der Waals surface area contributed by atoms with E-state index in [9.17, 15) is 18.0 Å². The molecule has 1 aliphatic rings. The summed E-state index contributed by atoms with van der Waals surface area (Å²) in [5.74, 6) is -1.04. The van der Waals surface area contributed by atoms with Crippen molar-refractivity contribution in [3.05, 3.63) is 29.3 Å². The third-order valence-corrected chi connectivity index (χ3v) is 5.33. The molecule has 1 heterocycles. The predicted octanol–water partition coefficient (Wildman–Crippen LogP) is 0.387. The minimum atomic E-state index is -3.73. The van der Waals surface area contributed by atoms with Crippen LogP contribution in [0, 0.1) is 0 Å². The van der Waals surface area contributed by atoms with Crippen molar-refractivity contribution in [1.29, 1.82) is 0 Å². The maximum atomic E-state index is 12.2. The summed E-state index contributed by atoms with van der Waals surface area (Å²) in [5, 5.41) is 8.57. The van der Waals surface area contributed by atoms with Crippen LogP contribution in [-0.2, 0) is 32.5 Å². The smallest absolute Gasteiger partial charge is 0.304 e. The summed E-state index contributed by atoms with van der Waals surface area (Å²) in [7, 11) is -3.73. The zero-order valence-corrected chi connectivity index (χ0v) is 13.7. The normalized spacial score (nSPS) is 14.9. The van der Waals surface area contributed by atoms with Crippen LogP contribution in [0.1, 0.15) is 24.5 Å². The Hall–Kier alpha value is -1.93. The topological polar surface area (TPSA) is 104 Å². The van der Waals surface area contributed by atoms with Gasteiger partial charge in [-0.2, -0.15) is 0 Å². The quantitative estimate of drug-likeness (QED) is 0.807. The fourth-order valence-electron chi connectivity index (χ4n) is 2.56. The summed E-state index contributed by atoms with van der Waals surface area (Å²) < 4.78 is 26.7. The van der Waals surface area contributed by atoms with Crippen molar-refractivity contribution in [2.75, 3.05) is 19.6 Å². The lowest BCUT2D eigenvalue weighted by atomic mass is 10.0. The molecular formula is C15H20N2O5S. The molecule has 1 aromatic rings. The molecule has 0 fully saturated rings. The molecule has 2 N–H and O–H groups in total. The second-order valence-corrected chi connectivity index (χ2v) is 7.25. The number of hydrogen-bond acceptors (Lipinski definition) is 4. The Morgan fingerprint density at radius 2 is 1.87 bits per heavy atom. The molecule has 1 amide bonds. The number of nitrogens with one attached hydrogen (secondary N) is 1. The van der Waals surface area contributed by atoms with Gasteiger partial charge in [0.1, 0.15) is 0 Å². The van der Waals surface area contributed by atoms with Crippen molar-refractivity contribution in [3.63, 3.8) is 0 Å². The van der Waals surface area contributed by atoms with E-state index in [1.165, 1.54) is 13.0 Å². The summed E-state index contributed by atoms with van der Waals surface area (Å²) >= 11 is 0. The molecule has 23 heavy (non-hydrogen) atoms. The highest BCUT2D eigenvalue weighted by Gasteiger charge is 2.19. The largest absolute Gasteiger partial charge is 0.481 e. The molecule has 0 aliphatic carbocycles. The number of benzene rings is 1. The molecule has 0 bridgehead atoms. The van der Waals surface area contributed by atoms with Crippen LogP contribution in [0.3, 0.4) is 0 Å². The fraction of sp³-hybridized carbons (Fsp3) is 0.467. The van der Waals surface area contributed by atoms with Crippen molar-refractivity contribution in [1.82, 2.24) is 9.62 Å². The van der Waals surface area contributed by atoms with E-state index in [1.807, 2.05) is 0 Å². The minimum absolute atomic E-state index is 0.0148. The molecule has 0 saturated carbocycles. The summed E-state index contributed by atoms with van der Waals surface area (Å²) in [6, 6.07) is 4.90. The third kappa shape index (κ3) is 4.52. The Morgan fingerprint density at radius 3 is 2.48 bits per heavy atom. The van der Waals surface area contributed by atoms with Gasteiger partial charge in [-0.25, -0.2) is 13.1 Å². The van der Waals surface area contributed by atoms with E-state index in [1.54, 1.807) is 17.0 Å². The number of amides is 1. The first-order valence-electron chi connectivity index (χ1n) is 7.38. The van der Waals surface area contributed by atoms with Gasteiger partial charge in [-0.15, -0.1) is 0 Å². The van der Waals surface area contributed by atoms with E-state index in [0.29, 0.717) is 25.9 Å². The highest BCUT2D eigenvalue weighted by atomic mass is 32.2. The first-order chi connectivity index (χ1) is 10.8. The molecule has 126 valence electrons. The van der Waals surface area contributed by atoms with E-state index < -0.39 is 16.0 Å². The van der Waals surface area contributed by atoms with Crippen LogP contribution in [0.15, 0.2) is 23.1 Å². The van der Waals surface area contributed by atoms with Crippen LogP contribution in [0.25, 0.3) is 0 Å². The summed E-state index contributed by atoms with van der Waals surface area (Å²) in [6.45, 7) is 2.58.